The highest BCUT2D eigenvalue weighted by molar-refractivity contribution is 6.38. The number of rotatable bonds is 3. The zero-order valence-corrected chi connectivity index (χ0v) is 15.7. The van der Waals surface area contributed by atoms with Crippen LogP contribution in [0.1, 0.15) is 16.2 Å². The van der Waals surface area contributed by atoms with Gasteiger partial charge in [0.1, 0.15) is 11.4 Å². The number of nitrogens with zero attached hydrogens (tertiary/aromatic N) is 3. The molecule has 0 aliphatic rings. The summed E-state index contributed by atoms with van der Waals surface area (Å²) in [6.45, 7) is 1.78. The number of hydrogen-bond donors (Lipinski definition) is 3. The van der Waals surface area contributed by atoms with Crippen molar-refractivity contribution in [2.45, 2.75) is 6.92 Å². The van der Waals surface area contributed by atoms with Crippen LogP contribution in [0.3, 0.4) is 0 Å². The predicted octanol–water partition coefficient (Wildman–Crippen LogP) is 3.27. The van der Waals surface area contributed by atoms with Crippen LogP contribution < -0.4 is 11.1 Å². The first-order valence-electron chi connectivity index (χ1n) is 7.88. The Morgan fingerprint density at radius 3 is 2.64 bits per heavy atom. The maximum absolute atomic E-state index is 12.1. The van der Waals surface area contributed by atoms with E-state index in [1.807, 2.05) is 0 Å². The van der Waals surface area contributed by atoms with E-state index in [1.165, 1.54) is 12.1 Å². The molecule has 0 aliphatic carbocycles. The number of H-pyrrole nitrogens is 1. The van der Waals surface area contributed by atoms with Crippen LogP contribution in [0.15, 0.2) is 39.8 Å². The van der Waals surface area contributed by atoms with Gasteiger partial charge in [-0.2, -0.15) is 5.10 Å². The van der Waals surface area contributed by atoms with E-state index in [2.05, 4.69) is 25.1 Å². The molecule has 0 saturated carbocycles. The standard InChI is InChI=1S/C17H11Cl2N5O4/c1-7-9-6-20-24(12(9)2-3-13(7)25)14-10(18)4-8(5-11(14)19)21-16(26)15-22-17(27)28-23-15/h2-6,25H,1H3,(H,21,26)(H,22,23,27). The maximum Gasteiger partial charge on any atom is 0.439 e. The number of aromatic hydroxyl groups is 1. The lowest BCUT2D eigenvalue weighted by molar-refractivity contribution is 0.101. The number of anilines is 1. The molecule has 0 radical (unpaired) electrons. The van der Waals surface area contributed by atoms with E-state index in [-0.39, 0.29) is 27.3 Å². The lowest BCUT2D eigenvalue weighted by atomic mass is 10.1. The number of phenolic OH excluding ortho intramolecular Hbond substituents is 1. The number of carbonyl (C=O) groups is 1. The Hall–Kier alpha value is -3.30. The van der Waals surface area contributed by atoms with Crippen molar-refractivity contribution in [3.63, 3.8) is 0 Å². The first-order chi connectivity index (χ1) is 13.3. The summed E-state index contributed by atoms with van der Waals surface area (Å²) in [5.74, 6) is -1.66. The van der Waals surface area contributed by atoms with Crippen LogP contribution in [-0.4, -0.2) is 30.9 Å². The largest absolute Gasteiger partial charge is 0.508 e. The van der Waals surface area contributed by atoms with Crippen molar-refractivity contribution in [3.8, 4) is 11.4 Å². The molecule has 3 N–H and O–H groups in total. The molecule has 0 saturated heterocycles. The number of fused-ring (bicyclic) bond motifs is 1. The fraction of sp³-hybridized carbons (Fsp3) is 0.0588. The number of hydrogen-bond acceptors (Lipinski definition) is 6. The summed E-state index contributed by atoms with van der Waals surface area (Å²) in [5.41, 5.74) is 2.09. The van der Waals surface area contributed by atoms with Gasteiger partial charge in [-0.15, -0.1) is 0 Å². The van der Waals surface area contributed by atoms with Crippen molar-refractivity contribution in [2.24, 2.45) is 0 Å². The molecule has 4 aromatic rings. The fourth-order valence-electron chi connectivity index (χ4n) is 2.76. The smallest absolute Gasteiger partial charge is 0.439 e. The Balaban J connectivity index is 1.73. The van der Waals surface area contributed by atoms with Gasteiger partial charge in [0.05, 0.1) is 21.8 Å². The van der Waals surface area contributed by atoms with Crippen LogP contribution in [0.5, 0.6) is 5.75 Å². The zero-order valence-electron chi connectivity index (χ0n) is 14.2. The van der Waals surface area contributed by atoms with Gasteiger partial charge in [0.2, 0.25) is 5.82 Å². The van der Waals surface area contributed by atoms with Crippen molar-refractivity contribution >= 4 is 45.7 Å². The average Bonchev–Trinajstić information content (AvgIpc) is 3.25. The molecule has 0 unspecified atom stereocenters. The summed E-state index contributed by atoms with van der Waals surface area (Å²) in [6, 6.07) is 6.23. The normalized spacial score (nSPS) is 11.1. The second-order valence-electron chi connectivity index (χ2n) is 5.89. The zero-order chi connectivity index (χ0) is 20.0. The highest BCUT2D eigenvalue weighted by Crippen LogP contribution is 2.35. The molecule has 2 aromatic heterocycles. The number of nitrogens with one attached hydrogen (secondary N) is 2. The fourth-order valence-corrected chi connectivity index (χ4v) is 3.41. The molecule has 0 aliphatic heterocycles. The second kappa shape index (κ2) is 6.70. The molecule has 9 nitrogen and oxygen atoms in total. The second-order valence-corrected chi connectivity index (χ2v) is 6.70. The molecule has 4 rings (SSSR count). The molecule has 0 spiro atoms. The number of aromatic nitrogens is 4. The summed E-state index contributed by atoms with van der Waals surface area (Å²) < 4.78 is 5.84. The Labute approximate surface area is 166 Å². The number of aryl methyl sites for hydroxylation is 1. The minimum absolute atomic E-state index is 0.160. The van der Waals surface area contributed by atoms with Crippen molar-refractivity contribution in [3.05, 3.63) is 62.4 Å². The molecule has 2 heterocycles. The molecule has 11 heteroatoms. The van der Waals surface area contributed by atoms with Gasteiger partial charge >= 0.3 is 5.76 Å². The summed E-state index contributed by atoms with van der Waals surface area (Å²) in [5, 5.41) is 21.2. The Morgan fingerprint density at radius 2 is 2.00 bits per heavy atom. The van der Waals surface area contributed by atoms with Gasteiger partial charge < -0.3 is 10.4 Å². The predicted molar refractivity (Wildman–Crippen MR) is 103 cm³/mol. The Morgan fingerprint density at radius 1 is 1.29 bits per heavy atom. The van der Waals surface area contributed by atoms with Gasteiger partial charge in [-0.25, -0.2) is 9.48 Å². The third-order valence-electron chi connectivity index (χ3n) is 4.14. The summed E-state index contributed by atoms with van der Waals surface area (Å²) in [6.07, 6.45) is 1.60. The van der Waals surface area contributed by atoms with Crippen molar-refractivity contribution < 1.29 is 14.4 Å². The molecule has 0 atom stereocenters. The molecule has 1 amide bonds. The highest BCUT2D eigenvalue weighted by atomic mass is 35.5. The molecule has 2 aromatic carbocycles. The number of halogens is 2. The quantitative estimate of drug-likeness (QED) is 0.467. The summed E-state index contributed by atoms with van der Waals surface area (Å²) in [4.78, 5) is 25.2. The topological polar surface area (TPSA) is 126 Å². The lowest BCUT2D eigenvalue weighted by Gasteiger charge is -2.12. The van der Waals surface area contributed by atoms with E-state index < -0.39 is 11.7 Å². The van der Waals surface area contributed by atoms with Crippen LogP contribution in [0.25, 0.3) is 16.6 Å². The van der Waals surface area contributed by atoms with E-state index in [4.69, 9.17) is 23.2 Å². The first kappa shape index (κ1) is 18.1. The van der Waals surface area contributed by atoms with E-state index in [0.29, 0.717) is 16.8 Å². The Bertz CT molecular complexity index is 1270. The van der Waals surface area contributed by atoms with Crippen LogP contribution in [-0.2, 0) is 0 Å². The third kappa shape index (κ3) is 3.00. The van der Waals surface area contributed by atoms with Gasteiger partial charge in [-0.3, -0.25) is 14.3 Å². The van der Waals surface area contributed by atoms with E-state index in [0.717, 1.165) is 5.39 Å². The maximum atomic E-state index is 12.1. The van der Waals surface area contributed by atoms with Gasteiger partial charge in [0.25, 0.3) is 5.91 Å². The number of phenols is 1. The third-order valence-corrected chi connectivity index (χ3v) is 4.71. The van der Waals surface area contributed by atoms with Gasteiger partial charge in [-0.1, -0.05) is 23.2 Å². The number of carbonyl (C=O) groups excluding carboxylic acids is 1. The first-order valence-corrected chi connectivity index (χ1v) is 8.64. The van der Waals surface area contributed by atoms with Gasteiger partial charge in [0.15, 0.2) is 0 Å². The van der Waals surface area contributed by atoms with Crippen LogP contribution in [0.4, 0.5) is 5.69 Å². The molecular weight excluding hydrogens is 409 g/mol. The molecule has 28 heavy (non-hydrogen) atoms. The SMILES string of the molecule is Cc1c(O)ccc2c1cnn2-c1c(Cl)cc(NC(=O)c2noc(=O)[nH]2)cc1Cl. The number of amides is 1. The van der Waals surface area contributed by atoms with Gasteiger partial charge in [0, 0.05) is 16.6 Å². The molecular formula is C17H11Cl2N5O4. The molecule has 142 valence electrons. The van der Waals surface area contributed by atoms with Crippen molar-refractivity contribution in [1.82, 2.24) is 19.9 Å². The summed E-state index contributed by atoms with van der Waals surface area (Å²) in [7, 11) is 0. The van der Waals surface area contributed by atoms with Crippen LogP contribution in [0.2, 0.25) is 10.0 Å². The Kier molecular flexibility index (Phi) is 4.33. The molecule has 0 fully saturated rings. The van der Waals surface area contributed by atoms with Crippen molar-refractivity contribution in [1.29, 1.82) is 0 Å². The van der Waals surface area contributed by atoms with Crippen LogP contribution in [0, 0.1) is 6.92 Å². The van der Waals surface area contributed by atoms with E-state index in [1.54, 1.807) is 29.9 Å². The number of aromatic amines is 1. The van der Waals surface area contributed by atoms with E-state index >= 15 is 0 Å². The molecule has 0 bridgehead atoms. The van der Waals surface area contributed by atoms with E-state index in [9.17, 15) is 14.7 Å². The average molecular weight is 420 g/mol. The number of benzene rings is 2. The van der Waals surface area contributed by atoms with Crippen LogP contribution >= 0.6 is 23.2 Å². The highest BCUT2D eigenvalue weighted by Gasteiger charge is 2.18. The summed E-state index contributed by atoms with van der Waals surface area (Å²) >= 11 is 12.8. The van der Waals surface area contributed by atoms with Crippen molar-refractivity contribution in [2.75, 3.05) is 5.32 Å². The van der Waals surface area contributed by atoms with Gasteiger partial charge in [-0.05, 0) is 36.3 Å². The lowest BCUT2D eigenvalue weighted by Crippen LogP contribution is -2.15. The minimum Gasteiger partial charge on any atom is -0.508 e. The monoisotopic (exact) mass is 419 g/mol. The minimum atomic E-state index is -0.844.